The smallest absolute Gasteiger partial charge is 0.408 e. The standard InChI is InChI=1S/C26H33N3O2S/c1-7-8-10-13-19(2)23-18-32-24(28-23)22(29-25(30)31-26(4,5)6)16-21-15-12-9-11-14-20(3)27-17-21/h7-15,17-18,22,27H,1,16H2,2-6H3,(H,29,30)/b10-8-,11-9?,15-12?,19-13+,20-14?,21-17?/t22-/m1/s1. The van der Waals surface area contributed by atoms with Gasteiger partial charge in [-0.1, -0.05) is 55.1 Å². The average Bonchev–Trinajstić information content (AvgIpc) is 3.21. The number of allylic oxidation sites excluding steroid dienone is 5. The molecule has 2 aromatic rings. The number of rotatable bonds is 7. The summed E-state index contributed by atoms with van der Waals surface area (Å²) in [6.07, 6.45) is 9.59. The van der Waals surface area contributed by atoms with Gasteiger partial charge in [0.05, 0.1) is 11.7 Å². The molecule has 0 aromatic carbocycles. The van der Waals surface area contributed by atoms with E-state index in [1.807, 2.05) is 94.8 Å². The molecule has 0 saturated heterocycles. The lowest BCUT2D eigenvalue weighted by molar-refractivity contribution is 0.0503. The summed E-state index contributed by atoms with van der Waals surface area (Å²) in [5.74, 6) is 0. The van der Waals surface area contributed by atoms with Gasteiger partial charge in [-0.15, -0.1) is 11.3 Å². The Morgan fingerprint density at radius 3 is 2.75 bits per heavy atom. The third-order valence-electron chi connectivity index (χ3n) is 4.31. The molecule has 0 saturated carbocycles. The van der Waals surface area contributed by atoms with Crippen molar-refractivity contribution in [2.24, 2.45) is 0 Å². The molecule has 0 spiro atoms. The van der Waals surface area contributed by atoms with Crippen molar-refractivity contribution in [3.05, 3.63) is 94.8 Å². The third kappa shape index (κ3) is 8.94. The van der Waals surface area contributed by atoms with E-state index < -0.39 is 11.7 Å². The van der Waals surface area contributed by atoms with Gasteiger partial charge in [-0.2, -0.15) is 0 Å². The maximum atomic E-state index is 12.6. The maximum absolute atomic E-state index is 12.6. The number of carbonyl (C=O) groups is 1. The van der Waals surface area contributed by atoms with Gasteiger partial charge in [0.2, 0.25) is 0 Å². The van der Waals surface area contributed by atoms with Crippen molar-refractivity contribution >= 4 is 23.0 Å². The number of H-pyrrole nitrogens is 1. The summed E-state index contributed by atoms with van der Waals surface area (Å²) in [7, 11) is 0. The van der Waals surface area contributed by atoms with Gasteiger partial charge in [-0.25, -0.2) is 9.78 Å². The van der Waals surface area contributed by atoms with E-state index in [1.54, 1.807) is 6.08 Å². The van der Waals surface area contributed by atoms with Crippen LogP contribution < -0.4 is 5.32 Å². The number of ether oxygens (including phenoxy) is 1. The highest BCUT2D eigenvalue weighted by atomic mass is 32.1. The van der Waals surface area contributed by atoms with Crippen molar-refractivity contribution in [1.29, 1.82) is 0 Å². The lowest BCUT2D eigenvalue weighted by Crippen LogP contribution is -2.35. The Labute approximate surface area is 195 Å². The molecule has 0 radical (unpaired) electrons. The predicted octanol–water partition coefficient (Wildman–Crippen LogP) is 6.86. The van der Waals surface area contributed by atoms with Crippen LogP contribution in [-0.2, 0) is 11.2 Å². The lowest BCUT2D eigenvalue weighted by atomic mass is 10.1. The van der Waals surface area contributed by atoms with Crippen LogP contribution >= 0.6 is 11.3 Å². The van der Waals surface area contributed by atoms with Crippen LogP contribution in [0.15, 0.2) is 72.8 Å². The molecule has 170 valence electrons. The van der Waals surface area contributed by atoms with Gasteiger partial charge in [0.25, 0.3) is 0 Å². The summed E-state index contributed by atoms with van der Waals surface area (Å²) in [6, 6.07) is 9.65. The molecule has 32 heavy (non-hydrogen) atoms. The SMILES string of the molecule is C=C/C=C\C=C(/C)c1csc([C@@H](Cc2cccccc(C)[nH]c2)NC(=O)OC(C)(C)C)n1. The number of nitrogens with one attached hydrogen (secondary N) is 2. The summed E-state index contributed by atoms with van der Waals surface area (Å²) >= 11 is 1.52. The van der Waals surface area contributed by atoms with Crippen molar-refractivity contribution < 1.29 is 9.53 Å². The minimum absolute atomic E-state index is 0.327. The summed E-state index contributed by atoms with van der Waals surface area (Å²) in [5.41, 5.74) is 3.40. The van der Waals surface area contributed by atoms with Crippen LogP contribution in [0.3, 0.4) is 0 Å². The van der Waals surface area contributed by atoms with Crippen LogP contribution in [0.5, 0.6) is 0 Å². The van der Waals surface area contributed by atoms with E-state index in [0.717, 1.165) is 27.5 Å². The summed E-state index contributed by atoms with van der Waals surface area (Å²) < 4.78 is 5.50. The Kier molecular flexibility index (Phi) is 9.47. The van der Waals surface area contributed by atoms with Gasteiger partial charge in [0, 0.05) is 23.7 Å². The Morgan fingerprint density at radius 2 is 2.03 bits per heavy atom. The van der Waals surface area contributed by atoms with Crippen LogP contribution in [0.25, 0.3) is 5.57 Å². The first-order chi connectivity index (χ1) is 15.2. The minimum Gasteiger partial charge on any atom is -0.444 e. The topological polar surface area (TPSA) is 67.0 Å². The predicted molar refractivity (Wildman–Crippen MR) is 134 cm³/mol. The second-order valence-electron chi connectivity index (χ2n) is 8.40. The summed E-state index contributed by atoms with van der Waals surface area (Å²) in [5, 5.41) is 5.84. The third-order valence-corrected chi connectivity index (χ3v) is 5.27. The molecule has 5 nitrogen and oxygen atoms in total. The average molecular weight is 452 g/mol. The highest BCUT2D eigenvalue weighted by Crippen LogP contribution is 2.25. The number of nitrogens with zero attached hydrogens (tertiary/aromatic N) is 1. The number of amides is 1. The van der Waals surface area contributed by atoms with Gasteiger partial charge < -0.3 is 15.0 Å². The molecule has 0 unspecified atom stereocenters. The van der Waals surface area contributed by atoms with E-state index in [0.29, 0.717) is 6.42 Å². The fourth-order valence-corrected chi connectivity index (χ4v) is 3.68. The number of aromatic amines is 1. The van der Waals surface area contributed by atoms with Crippen molar-refractivity contribution in [2.75, 3.05) is 0 Å². The highest BCUT2D eigenvalue weighted by Gasteiger charge is 2.23. The molecule has 2 heterocycles. The molecular formula is C26H33N3O2S. The van der Waals surface area contributed by atoms with Crippen LogP contribution in [0.2, 0.25) is 0 Å². The molecule has 0 aliphatic rings. The number of aryl methyl sites for hydroxylation is 1. The van der Waals surface area contributed by atoms with Gasteiger partial charge >= 0.3 is 6.09 Å². The maximum Gasteiger partial charge on any atom is 0.408 e. The number of carbonyl (C=O) groups excluding carboxylic acids is 1. The molecular weight excluding hydrogens is 418 g/mol. The normalized spacial score (nSPS) is 12.8. The zero-order valence-electron chi connectivity index (χ0n) is 19.5. The quantitative estimate of drug-likeness (QED) is 0.452. The van der Waals surface area contributed by atoms with Crippen LogP contribution in [0.1, 0.15) is 55.7 Å². The van der Waals surface area contributed by atoms with Crippen LogP contribution in [-0.4, -0.2) is 21.7 Å². The molecule has 0 aliphatic heterocycles. The minimum atomic E-state index is -0.578. The lowest BCUT2D eigenvalue weighted by Gasteiger charge is -2.22. The fourth-order valence-electron chi connectivity index (χ4n) is 2.75. The van der Waals surface area contributed by atoms with Crippen molar-refractivity contribution in [1.82, 2.24) is 15.3 Å². The van der Waals surface area contributed by atoms with Crippen molar-refractivity contribution in [3.63, 3.8) is 0 Å². The highest BCUT2D eigenvalue weighted by molar-refractivity contribution is 7.09. The second-order valence-corrected chi connectivity index (χ2v) is 9.29. The zero-order valence-corrected chi connectivity index (χ0v) is 20.3. The number of alkyl carbamates (subject to hydrolysis) is 1. The molecule has 2 aromatic heterocycles. The van der Waals surface area contributed by atoms with Crippen molar-refractivity contribution in [3.8, 4) is 0 Å². The molecule has 0 aliphatic carbocycles. The van der Waals surface area contributed by atoms with Gasteiger partial charge in [0.15, 0.2) is 0 Å². The number of hydrogen-bond donors (Lipinski definition) is 2. The molecule has 2 rings (SSSR count). The van der Waals surface area contributed by atoms with E-state index in [4.69, 9.17) is 9.72 Å². The van der Waals surface area contributed by atoms with Crippen molar-refractivity contribution in [2.45, 2.75) is 52.7 Å². The van der Waals surface area contributed by atoms with E-state index >= 15 is 0 Å². The van der Waals surface area contributed by atoms with Crippen LogP contribution in [0.4, 0.5) is 4.79 Å². The second kappa shape index (κ2) is 12.1. The molecule has 6 heteroatoms. The van der Waals surface area contributed by atoms with Crippen LogP contribution in [0, 0.1) is 6.92 Å². The monoisotopic (exact) mass is 451 g/mol. The first-order valence-electron chi connectivity index (χ1n) is 10.6. The molecule has 0 fully saturated rings. The molecule has 1 atom stereocenters. The number of hydrogen-bond acceptors (Lipinski definition) is 4. The number of aromatic nitrogens is 2. The van der Waals surface area contributed by atoms with E-state index in [-0.39, 0.29) is 6.04 Å². The molecule has 2 N–H and O–H groups in total. The van der Waals surface area contributed by atoms with Gasteiger partial charge in [-0.05, 0) is 51.8 Å². The first-order valence-corrected chi connectivity index (χ1v) is 11.4. The van der Waals surface area contributed by atoms with E-state index in [1.165, 1.54) is 11.3 Å². The molecule has 0 bridgehead atoms. The Balaban J connectivity index is 2.36. The Bertz CT molecular complexity index is 1020. The van der Waals surface area contributed by atoms with Gasteiger partial charge in [-0.3, -0.25) is 0 Å². The Morgan fingerprint density at radius 1 is 1.28 bits per heavy atom. The first kappa shape index (κ1) is 25.1. The molecule has 1 amide bonds. The van der Waals surface area contributed by atoms with E-state index in [2.05, 4.69) is 16.9 Å². The summed E-state index contributed by atoms with van der Waals surface area (Å²) in [4.78, 5) is 20.7. The Hall–Kier alpha value is -3.12. The largest absolute Gasteiger partial charge is 0.444 e. The van der Waals surface area contributed by atoms with E-state index in [9.17, 15) is 4.79 Å². The summed E-state index contributed by atoms with van der Waals surface area (Å²) in [6.45, 7) is 13.2. The number of thiazole rings is 1. The van der Waals surface area contributed by atoms with Gasteiger partial charge in [0.1, 0.15) is 10.6 Å². The fraction of sp³-hybridized carbons (Fsp3) is 0.308. The zero-order chi connectivity index (χ0) is 23.6.